The number of amides is 1. The number of hydrogen-bond acceptors (Lipinski definition) is 2. The number of rotatable bonds is 4. The van der Waals surface area contributed by atoms with Crippen molar-refractivity contribution in [2.75, 3.05) is 18.4 Å². The summed E-state index contributed by atoms with van der Waals surface area (Å²) >= 11 is 0. The summed E-state index contributed by atoms with van der Waals surface area (Å²) in [4.78, 5) is 15.1. The van der Waals surface area contributed by atoms with Crippen LogP contribution in [0.2, 0.25) is 0 Å². The van der Waals surface area contributed by atoms with Crippen LogP contribution in [0.5, 0.6) is 0 Å². The number of benzene rings is 3. The third-order valence-corrected chi connectivity index (χ3v) is 9.65. The summed E-state index contributed by atoms with van der Waals surface area (Å²) in [7, 11) is 0. The number of allylic oxidation sites excluding steroid dienone is 1. The molecule has 6 rings (SSSR count). The van der Waals surface area contributed by atoms with Gasteiger partial charge in [-0.25, -0.2) is 0 Å². The lowest BCUT2D eigenvalue weighted by atomic mass is 9.68. The zero-order valence-electron chi connectivity index (χ0n) is 23.6. The molecular weight excluding hydrogens is 566 g/mol. The van der Waals surface area contributed by atoms with E-state index >= 15 is 0 Å². The number of likely N-dealkylation sites (tertiary alicyclic amines) is 1. The van der Waals surface area contributed by atoms with Crippen LogP contribution in [0.15, 0.2) is 72.8 Å². The van der Waals surface area contributed by atoms with Crippen LogP contribution in [-0.4, -0.2) is 29.9 Å². The summed E-state index contributed by atoms with van der Waals surface area (Å²) in [5, 5.41) is 2.34. The third kappa shape index (κ3) is 5.59. The van der Waals surface area contributed by atoms with E-state index in [0.29, 0.717) is 24.8 Å². The minimum Gasteiger partial charge on any atom is -0.322 e. The standard InChI is InChI=1S/C34H32F6N2O/c1-21-20-42(16-15-32(21)14-13-22-5-2-3-8-29(22)32)27-11-9-23(18-27)28-12-10-26(19-30(28)34(38,39)40)41-31(43)24-6-4-7-25(17-24)33(35,36)37/h2-8,10,12-14,17,19,21,23,27H,9,11,15-16,18,20H2,1H3,(H,41,43). The molecule has 2 aliphatic carbocycles. The Morgan fingerprint density at radius 3 is 2.47 bits per heavy atom. The lowest BCUT2D eigenvalue weighted by molar-refractivity contribution is -0.138. The molecule has 3 aromatic carbocycles. The van der Waals surface area contributed by atoms with Gasteiger partial charge in [-0.1, -0.05) is 55.5 Å². The van der Waals surface area contributed by atoms with Crippen LogP contribution in [-0.2, 0) is 17.8 Å². The molecule has 3 nitrogen and oxygen atoms in total. The molecule has 1 N–H and O–H groups in total. The molecule has 1 spiro atoms. The number of nitrogens with one attached hydrogen (secondary N) is 1. The monoisotopic (exact) mass is 598 g/mol. The first-order chi connectivity index (χ1) is 20.3. The molecule has 4 atom stereocenters. The number of piperidine rings is 1. The van der Waals surface area contributed by atoms with Crippen molar-refractivity contribution in [3.05, 3.63) is 106 Å². The molecule has 4 unspecified atom stereocenters. The highest BCUT2D eigenvalue weighted by Crippen LogP contribution is 2.49. The van der Waals surface area contributed by atoms with Crippen molar-refractivity contribution in [2.24, 2.45) is 5.92 Å². The van der Waals surface area contributed by atoms with Crippen LogP contribution in [0.3, 0.4) is 0 Å². The zero-order chi connectivity index (χ0) is 30.6. The molecule has 1 heterocycles. The Kier molecular flexibility index (Phi) is 7.43. The molecule has 3 aromatic rings. The van der Waals surface area contributed by atoms with E-state index in [-0.39, 0.29) is 34.2 Å². The maximum absolute atomic E-state index is 14.3. The number of carbonyl (C=O) groups excluding carboxylic acids is 1. The smallest absolute Gasteiger partial charge is 0.322 e. The molecule has 1 aliphatic heterocycles. The predicted octanol–water partition coefficient (Wildman–Crippen LogP) is 8.92. The maximum Gasteiger partial charge on any atom is 0.416 e. The van der Waals surface area contributed by atoms with Crippen molar-refractivity contribution in [2.45, 2.75) is 62.3 Å². The number of halogens is 6. The van der Waals surface area contributed by atoms with Crippen LogP contribution in [0, 0.1) is 5.92 Å². The summed E-state index contributed by atoms with van der Waals surface area (Å²) < 4.78 is 82.0. The largest absolute Gasteiger partial charge is 0.416 e. The second kappa shape index (κ2) is 10.8. The Labute approximate surface area is 246 Å². The van der Waals surface area contributed by atoms with Gasteiger partial charge in [0.05, 0.1) is 11.1 Å². The Morgan fingerprint density at radius 1 is 0.930 bits per heavy atom. The first-order valence-electron chi connectivity index (χ1n) is 14.6. The van der Waals surface area contributed by atoms with E-state index in [9.17, 15) is 31.1 Å². The van der Waals surface area contributed by atoms with E-state index in [1.54, 1.807) is 0 Å². The van der Waals surface area contributed by atoms with Crippen molar-refractivity contribution < 1.29 is 31.1 Å². The highest BCUT2D eigenvalue weighted by atomic mass is 19.4. The summed E-state index contributed by atoms with van der Waals surface area (Å²) in [5.74, 6) is -0.830. The molecule has 3 aliphatic rings. The van der Waals surface area contributed by atoms with Gasteiger partial charge in [-0.3, -0.25) is 4.79 Å². The minimum atomic E-state index is -4.65. The number of alkyl halides is 6. The molecule has 0 bridgehead atoms. The van der Waals surface area contributed by atoms with Gasteiger partial charge in [-0.15, -0.1) is 0 Å². The Balaban J connectivity index is 1.16. The summed E-state index contributed by atoms with van der Waals surface area (Å²) in [6, 6.07) is 16.1. The molecule has 1 saturated heterocycles. The summed E-state index contributed by atoms with van der Waals surface area (Å²) in [6.45, 7) is 4.02. The Hall–Kier alpha value is -3.59. The molecule has 0 aromatic heterocycles. The van der Waals surface area contributed by atoms with Crippen LogP contribution >= 0.6 is 0 Å². The Bertz CT molecular complexity index is 1560. The van der Waals surface area contributed by atoms with Crippen molar-refractivity contribution in [3.63, 3.8) is 0 Å². The SMILES string of the molecule is CC1CN(C2CCC(c3ccc(NC(=O)c4cccc(C(F)(F)F)c4)cc3C(F)(F)F)C2)CCC12C=Cc1ccccc12. The zero-order valence-corrected chi connectivity index (χ0v) is 23.6. The highest BCUT2D eigenvalue weighted by Gasteiger charge is 2.46. The second-order valence-corrected chi connectivity index (χ2v) is 12.1. The fourth-order valence-corrected chi connectivity index (χ4v) is 7.40. The molecular formula is C34H32F6N2O. The normalized spacial score (nSPS) is 25.7. The van der Waals surface area contributed by atoms with Crippen molar-refractivity contribution in [3.8, 4) is 0 Å². The minimum absolute atomic E-state index is 0.00286. The topological polar surface area (TPSA) is 32.3 Å². The molecule has 43 heavy (non-hydrogen) atoms. The molecule has 0 radical (unpaired) electrons. The van der Waals surface area contributed by atoms with Gasteiger partial charge in [-0.05, 0) is 91.1 Å². The number of fused-ring (bicyclic) bond motifs is 2. The van der Waals surface area contributed by atoms with Gasteiger partial charge in [0.15, 0.2) is 0 Å². The number of hydrogen-bond donors (Lipinski definition) is 1. The lowest BCUT2D eigenvalue weighted by Gasteiger charge is -2.46. The maximum atomic E-state index is 14.3. The molecule has 1 saturated carbocycles. The van der Waals surface area contributed by atoms with Gasteiger partial charge in [0.25, 0.3) is 5.91 Å². The second-order valence-electron chi connectivity index (χ2n) is 12.1. The van der Waals surface area contributed by atoms with E-state index in [1.165, 1.54) is 29.3 Å². The van der Waals surface area contributed by atoms with Crippen molar-refractivity contribution >= 4 is 17.7 Å². The number of anilines is 1. The lowest BCUT2D eigenvalue weighted by Crippen LogP contribution is -2.50. The average molecular weight is 599 g/mol. The average Bonchev–Trinajstić information content (AvgIpc) is 3.60. The van der Waals surface area contributed by atoms with Crippen LogP contribution < -0.4 is 5.32 Å². The highest BCUT2D eigenvalue weighted by molar-refractivity contribution is 6.04. The van der Waals surface area contributed by atoms with Gasteiger partial charge in [-0.2, -0.15) is 26.3 Å². The van der Waals surface area contributed by atoms with Crippen molar-refractivity contribution in [1.82, 2.24) is 4.90 Å². The molecule has 1 amide bonds. The van der Waals surface area contributed by atoms with Crippen LogP contribution in [0.1, 0.15) is 76.7 Å². The van der Waals surface area contributed by atoms with Crippen LogP contribution in [0.25, 0.3) is 6.08 Å². The fourth-order valence-electron chi connectivity index (χ4n) is 7.40. The van der Waals surface area contributed by atoms with E-state index in [2.05, 4.69) is 47.5 Å². The first-order valence-corrected chi connectivity index (χ1v) is 14.6. The number of nitrogens with zero attached hydrogens (tertiary/aromatic N) is 1. The van der Waals surface area contributed by atoms with Gasteiger partial charge >= 0.3 is 12.4 Å². The first kappa shape index (κ1) is 29.5. The van der Waals surface area contributed by atoms with E-state index in [0.717, 1.165) is 44.1 Å². The van der Waals surface area contributed by atoms with E-state index in [4.69, 9.17) is 0 Å². The fraction of sp³-hybridized carbons (Fsp3) is 0.382. The van der Waals surface area contributed by atoms with Gasteiger partial charge < -0.3 is 10.2 Å². The van der Waals surface area contributed by atoms with E-state index in [1.807, 2.05) is 6.07 Å². The molecule has 9 heteroatoms. The van der Waals surface area contributed by atoms with Crippen LogP contribution in [0.4, 0.5) is 32.0 Å². The quantitative estimate of drug-likeness (QED) is 0.304. The van der Waals surface area contributed by atoms with Crippen molar-refractivity contribution in [1.29, 1.82) is 0 Å². The summed E-state index contributed by atoms with van der Waals surface area (Å²) in [5.41, 5.74) is 0.584. The Morgan fingerprint density at radius 2 is 1.72 bits per heavy atom. The predicted molar refractivity (Wildman–Crippen MR) is 154 cm³/mol. The van der Waals surface area contributed by atoms with Gasteiger partial charge in [0.1, 0.15) is 0 Å². The third-order valence-electron chi connectivity index (χ3n) is 9.65. The van der Waals surface area contributed by atoms with Gasteiger partial charge in [0.2, 0.25) is 0 Å². The number of carbonyl (C=O) groups is 1. The summed E-state index contributed by atoms with van der Waals surface area (Å²) in [6.07, 6.45) is -1.74. The molecule has 2 fully saturated rings. The molecule has 226 valence electrons. The van der Waals surface area contributed by atoms with E-state index < -0.39 is 29.4 Å². The van der Waals surface area contributed by atoms with Gasteiger partial charge in [0, 0.05) is 29.3 Å².